The van der Waals surface area contributed by atoms with Crippen LogP contribution in [0.15, 0.2) is 72.8 Å². The van der Waals surface area contributed by atoms with E-state index in [0.29, 0.717) is 11.4 Å². The molecule has 0 atom stereocenters. The fraction of sp³-hybridized carbons (Fsp3) is 0.0625. The molecule has 1 aliphatic carbocycles. The van der Waals surface area contributed by atoms with Crippen LogP contribution in [-0.4, -0.2) is 9.97 Å². The largest absolute Gasteiger partial charge is 0.244 e. The Bertz CT molecular complexity index is 2020. The molecule has 1 aromatic heterocycles. The Morgan fingerprint density at radius 3 is 1.94 bits per heavy atom. The molecule has 0 spiro atoms. The third-order valence-corrected chi connectivity index (χ3v) is 7.27. The van der Waals surface area contributed by atoms with Gasteiger partial charge < -0.3 is 0 Å². The lowest BCUT2D eigenvalue weighted by atomic mass is 9.87. The summed E-state index contributed by atoms with van der Waals surface area (Å²) < 4.78 is 0. The van der Waals surface area contributed by atoms with E-state index in [2.05, 4.69) is 53.9 Å². The first-order chi connectivity index (χ1) is 17.6. The number of benzene rings is 5. The standard InChI is InChI=1S/C32H18N4/c1-17-13-14-18(2)30-29(17)35-31-21-15-16-23(34-4)28-24(19-9-6-5-7-10-19)25-20(11-8-12-22(25)33-3)27(26(21)28)32(31)36-30/h5-16H,1-2H3. The molecule has 166 valence electrons. The molecular weight excluding hydrogens is 440 g/mol. The highest BCUT2D eigenvalue weighted by Crippen LogP contribution is 2.56. The van der Waals surface area contributed by atoms with Crippen molar-refractivity contribution >= 4 is 44.0 Å². The van der Waals surface area contributed by atoms with Crippen molar-refractivity contribution in [3.8, 4) is 33.6 Å². The zero-order valence-corrected chi connectivity index (χ0v) is 19.7. The quantitative estimate of drug-likeness (QED) is 0.182. The number of hydrogen-bond acceptors (Lipinski definition) is 2. The lowest BCUT2D eigenvalue weighted by molar-refractivity contribution is 1.27. The van der Waals surface area contributed by atoms with Gasteiger partial charge in [-0.15, -0.1) is 0 Å². The second-order valence-electron chi connectivity index (χ2n) is 9.24. The summed E-state index contributed by atoms with van der Waals surface area (Å²) in [6.07, 6.45) is 0. The lowest BCUT2D eigenvalue weighted by Gasteiger charge is -2.17. The molecule has 7 rings (SSSR count). The van der Waals surface area contributed by atoms with Crippen LogP contribution in [0.25, 0.3) is 75.9 Å². The van der Waals surface area contributed by atoms with Crippen LogP contribution in [0.5, 0.6) is 0 Å². The third-order valence-electron chi connectivity index (χ3n) is 7.27. The van der Waals surface area contributed by atoms with Crippen molar-refractivity contribution in [1.29, 1.82) is 0 Å². The minimum absolute atomic E-state index is 0.570. The van der Waals surface area contributed by atoms with Gasteiger partial charge in [-0.2, -0.15) is 0 Å². The van der Waals surface area contributed by atoms with E-state index in [-0.39, 0.29) is 0 Å². The average molecular weight is 459 g/mol. The van der Waals surface area contributed by atoms with Crippen LogP contribution in [0.2, 0.25) is 0 Å². The Morgan fingerprint density at radius 2 is 1.25 bits per heavy atom. The van der Waals surface area contributed by atoms with E-state index in [9.17, 15) is 0 Å². The molecule has 36 heavy (non-hydrogen) atoms. The average Bonchev–Trinajstić information content (AvgIpc) is 3.25. The zero-order chi connectivity index (χ0) is 24.6. The minimum atomic E-state index is 0.570. The molecule has 0 saturated carbocycles. The van der Waals surface area contributed by atoms with Crippen LogP contribution in [0.1, 0.15) is 11.1 Å². The van der Waals surface area contributed by atoms with Crippen molar-refractivity contribution in [2.75, 3.05) is 0 Å². The van der Waals surface area contributed by atoms with Gasteiger partial charge in [0.1, 0.15) is 0 Å². The van der Waals surface area contributed by atoms with E-state index in [1.807, 2.05) is 42.5 Å². The SMILES string of the molecule is [C-]#[N+]c1cccc2c3c4c(ccc([N+]#[C-])c4c(-c4ccccc4)c12)-c1nc2c(C)ccc(C)c2nc1-3. The predicted molar refractivity (Wildman–Crippen MR) is 146 cm³/mol. The van der Waals surface area contributed by atoms with E-state index in [0.717, 1.165) is 77.3 Å². The molecule has 5 aromatic carbocycles. The summed E-state index contributed by atoms with van der Waals surface area (Å²) in [5.41, 5.74) is 10.6. The van der Waals surface area contributed by atoms with Crippen molar-refractivity contribution in [2.45, 2.75) is 13.8 Å². The molecule has 0 radical (unpaired) electrons. The first-order valence-electron chi connectivity index (χ1n) is 11.8. The molecular formula is C32H18N4. The van der Waals surface area contributed by atoms with Gasteiger partial charge in [0.2, 0.25) is 0 Å². The van der Waals surface area contributed by atoms with Gasteiger partial charge in [-0.25, -0.2) is 19.7 Å². The maximum absolute atomic E-state index is 8.02. The van der Waals surface area contributed by atoms with Crippen LogP contribution < -0.4 is 0 Å². The molecule has 1 aliphatic rings. The van der Waals surface area contributed by atoms with Gasteiger partial charge in [0.05, 0.1) is 35.6 Å². The summed E-state index contributed by atoms with van der Waals surface area (Å²) in [6.45, 7) is 20.1. The van der Waals surface area contributed by atoms with Gasteiger partial charge in [0.15, 0.2) is 11.4 Å². The van der Waals surface area contributed by atoms with Crippen LogP contribution in [0.3, 0.4) is 0 Å². The molecule has 0 N–H and O–H groups in total. The molecule has 4 nitrogen and oxygen atoms in total. The highest BCUT2D eigenvalue weighted by Gasteiger charge is 2.31. The summed E-state index contributed by atoms with van der Waals surface area (Å²) in [4.78, 5) is 18.2. The Morgan fingerprint density at radius 1 is 0.583 bits per heavy atom. The Balaban J connectivity index is 1.80. The van der Waals surface area contributed by atoms with Crippen LogP contribution >= 0.6 is 0 Å². The summed E-state index contributed by atoms with van der Waals surface area (Å²) in [6, 6.07) is 24.0. The first kappa shape index (κ1) is 20.3. The highest BCUT2D eigenvalue weighted by atomic mass is 14.8. The summed E-state index contributed by atoms with van der Waals surface area (Å²) in [5.74, 6) is 0. The predicted octanol–water partition coefficient (Wildman–Crippen LogP) is 8.97. The second kappa shape index (κ2) is 7.22. The summed E-state index contributed by atoms with van der Waals surface area (Å²) in [5, 5.41) is 3.69. The first-order valence-corrected chi connectivity index (χ1v) is 11.8. The Labute approximate surface area is 208 Å². The van der Waals surface area contributed by atoms with Crippen LogP contribution in [0.4, 0.5) is 11.4 Å². The van der Waals surface area contributed by atoms with Gasteiger partial charge >= 0.3 is 0 Å². The third kappa shape index (κ3) is 2.51. The smallest absolute Gasteiger partial charge is 0.195 e. The molecule has 0 unspecified atom stereocenters. The maximum Gasteiger partial charge on any atom is 0.195 e. The number of hydrogen-bond donors (Lipinski definition) is 0. The number of fused-ring (bicyclic) bond motifs is 6. The monoisotopic (exact) mass is 458 g/mol. The number of rotatable bonds is 1. The van der Waals surface area contributed by atoms with Crippen molar-refractivity contribution in [2.24, 2.45) is 0 Å². The lowest BCUT2D eigenvalue weighted by Crippen LogP contribution is -1.95. The summed E-state index contributed by atoms with van der Waals surface area (Å²) >= 11 is 0. The van der Waals surface area contributed by atoms with E-state index in [1.165, 1.54) is 0 Å². The fourth-order valence-corrected chi connectivity index (χ4v) is 5.65. The summed E-state index contributed by atoms with van der Waals surface area (Å²) in [7, 11) is 0. The normalized spacial score (nSPS) is 11.6. The topological polar surface area (TPSA) is 34.5 Å². The van der Waals surface area contributed by atoms with Crippen LogP contribution in [-0.2, 0) is 0 Å². The highest BCUT2D eigenvalue weighted by molar-refractivity contribution is 6.32. The Hall–Kier alpha value is -5.06. The Kier molecular flexibility index (Phi) is 4.08. The van der Waals surface area contributed by atoms with Crippen LogP contribution in [0, 0.1) is 27.0 Å². The number of aromatic nitrogens is 2. The van der Waals surface area contributed by atoms with E-state index < -0.39 is 0 Å². The van der Waals surface area contributed by atoms with Crippen molar-refractivity contribution in [3.63, 3.8) is 0 Å². The minimum Gasteiger partial charge on any atom is -0.244 e. The van der Waals surface area contributed by atoms with Gasteiger partial charge in [-0.05, 0) is 57.6 Å². The molecule has 0 bridgehead atoms. The van der Waals surface area contributed by atoms with Gasteiger partial charge in [-0.3, -0.25) is 0 Å². The van der Waals surface area contributed by atoms with Gasteiger partial charge in [0, 0.05) is 11.1 Å². The number of nitrogens with zero attached hydrogens (tertiary/aromatic N) is 4. The molecule has 4 heteroatoms. The maximum atomic E-state index is 8.02. The van der Waals surface area contributed by atoms with Gasteiger partial charge in [0.25, 0.3) is 0 Å². The zero-order valence-electron chi connectivity index (χ0n) is 19.7. The number of aryl methyl sites for hydroxylation is 2. The van der Waals surface area contributed by atoms with E-state index in [4.69, 9.17) is 23.1 Å². The fourth-order valence-electron chi connectivity index (χ4n) is 5.65. The van der Waals surface area contributed by atoms with Crippen molar-refractivity contribution < 1.29 is 0 Å². The molecule has 0 amide bonds. The van der Waals surface area contributed by atoms with E-state index in [1.54, 1.807) is 0 Å². The molecule has 0 aliphatic heterocycles. The molecule has 0 fully saturated rings. The molecule has 1 heterocycles. The second-order valence-corrected chi connectivity index (χ2v) is 9.24. The van der Waals surface area contributed by atoms with E-state index >= 15 is 0 Å². The van der Waals surface area contributed by atoms with Crippen molar-refractivity contribution in [3.05, 3.63) is 107 Å². The van der Waals surface area contributed by atoms with Gasteiger partial charge in [-0.1, -0.05) is 72.8 Å². The molecule has 6 aromatic rings. The van der Waals surface area contributed by atoms with Crippen molar-refractivity contribution in [1.82, 2.24) is 9.97 Å². The molecule has 0 saturated heterocycles.